The summed E-state index contributed by atoms with van der Waals surface area (Å²) in [4.78, 5) is 13.7. The average molecular weight is 506 g/mol. The first-order chi connectivity index (χ1) is 12.2. The topological polar surface area (TPSA) is 79.4 Å². The normalized spacial score (nSPS) is 12.8. The number of aromatic nitrogens is 2. The Morgan fingerprint density at radius 1 is 1.35 bits per heavy atom. The van der Waals surface area contributed by atoms with Gasteiger partial charge in [-0.1, -0.05) is 34.7 Å². The van der Waals surface area contributed by atoms with Crippen molar-refractivity contribution in [2.24, 2.45) is 0 Å². The van der Waals surface area contributed by atoms with Gasteiger partial charge < -0.3 is 19.6 Å². The molecule has 0 aliphatic heterocycles. The number of hydrogen-bond donors (Lipinski definition) is 0. The third-order valence-electron chi connectivity index (χ3n) is 3.12. The summed E-state index contributed by atoms with van der Waals surface area (Å²) < 4.78 is 47.8. The number of imidazole rings is 1. The maximum atomic E-state index is 12.1. The third-order valence-corrected chi connectivity index (χ3v) is 4.40. The van der Waals surface area contributed by atoms with Gasteiger partial charge in [0, 0.05) is 4.43 Å². The zero-order valence-corrected chi connectivity index (χ0v) is 15.9. The van der Waals surface area contributed by atoms with Crippen molar-refractivity contribution in [1.82, 2.24) is 9.55 Å². The summed E-state index contributed by atoms with van der Waals surface area (Å²) in [5.41, 5.74) is 0.650. The lowest BCUT2D eigenvalue weighted by molar-refractivity contribution is -0.389. The van der Waals surface area contributed by atoms with Crippen LogP contribution in [-0.4, -0.2) is 31.4 Å². The number of nitro groups is 1. The Bertz CT molecular complexity index is 755. The summed E-state index contributed by atoms with van der Waals surface area (Å²) >= 11 is 7.95. The van der Waals surface area contributed by atoms with E-state index < -0.39 is 11.3 Å². The molecule has 0 spiro atoms. The van der Waals surface area contributed by atoms with E-state index in [0.717, 1.165) is 0 Å². The molecule has 12 heteroatoms. The van der Waals surface area contributed by atoms with E-state index in [-0.39, 0.29) is 36.1 Å². The van der Waals surface area contributed by atoms with Crippen LogP contribution in [0.15, 0.2) is 30.5 Å². The number of halogens is 5. The molecule has 142 valence electrons. The molecular formula is C14H12ClF3IN3O4. The van der Waals surface area contributed by atoms with Gasteiger partial charge in [0.25, 0.3) is 0 Å². The summed E-state index contributed by atoms with van der Waals surface area (Å²) in [5, 5.41) is 10.7. The molecule has 1 aromatic carbocycles. The number of alkyl halides is 4. The highest BCUT2D eigenvalue weighted by Gasteiger charge is 2.31. The predicted octanol–water partition coefficient (Wildman–Crippen LogP) is 4.36. The van der Waals surface area contributed by atoms with Gasteiger partial charge in [-0.3, -0.25) is 4.57 Å². The third kappa shape index (κ3) is 6.29. The Kier molecular flexibility index (Phi) is 7.06. The monoisotopic (exact) mass is 505 g/mol. The van der Waals surface area contributed by atoms with Crippen LogP contribution < -0.4 is 4.74 Å². The van der Waals surface area contributed by atoms with Crippen LogP contribution in [0.1, 0.15) is 5.56 Å². The summed E-state index contributed by atoms with van der Waals surface area (Å²) in [6.45, 7) is 0.395. The standard InChI is InChI=1S/C14H12ClF3IN3O4/c15-13-20-12(22(23)24)7-21(13)6-11(5-19)25-8-9-1-3-10(4-2-9)26-14(16,17)18/h1-4,7,11H,5-6,8H2/t11-/m1/s1. The van der Waals surface area contributed by atoms with Gasteiger partial charge in [0.2, 0.25) is 0 Å². The van der Waals surface area contributed by atoms with Crippen molar-refractivity contribution >= 4 is 40.0 Å². The Labute approximate surface area is 164 Å². The molecule has 26 heavy (non-hydrogen) atoms. The second kappa shape index (κ2) is 8.86. The molecule has 2 aromatic rings. The number of ether oxygens (including phenoxy) is 2. The van der Waals surface area contributed by atoms with E-state index in [0.29, 0.717) is 9.99 Å². The van der Waals surface area contributed by atoms with Crippen LogP contribution in [0.5, 0.6) is 5.75 Å². The number of benzene rings is 1. The zero-order chi connectivity index (χ0) is 19.3. The van der Waals surface area contributed by atoms with Crippen molar-refractivity contribution in [3.8, 4) is 5.75 Å². The molecule has 0 bridgehead atoms. The van der Waals surface area contributed by atoms with Gasteiger partial charge in [-0.25, -0.2) is 0 Å². The fourth-order valence-electron chi connectivity index (χ4n) is 1.96. The van der Waals surface area contributed by atoms with E-state index in [1.165, 1.54) is 35.0 Å². The van der Waals surface area contributed by atoms with Crippen molar-refractivity contribution < 1.29 is 27.6 Å². The van der Waals surface area contributed by atoms with Crippen molar-refractivity contribution in [3.63, 3.8) is 0 Å². The fraction of sp³-hybridized carbons (Fsp3) is 0.357. The van der Waals surface area contributed by atoms with E-state index in [2.05, 4.69) is 32.3 Å². The van der Waals surface area contributed by atoms with Crippen LogP contribution in [0, 0.1) is 10.1 Å². The highest BCUT2D eigenvalue weighted by molar-refractivity contribution is 14.1. The van der Waals surface area contributed by atoms with E-state index >= 15 is 0 Å². The molecule has 0 unspecified atom stereocenters. The van der Waals surface area contributed by atoms with Gasteiger partial charge in [0.15, 0.2) is 0 Å². The first-order valence-electron chi connectivity index (χ1n) is 7.07. The van der Waals surface area contributed by atoms with Gasteiger partial charge in [0.1, 0.15) is 11.9 Å². The second-order valence-corrected chi connectivity index (χ2v) is 6.28. The predicted molar refractivity (Wildman–Crippen MR) is 94.5 cm³/mol. The summed E-state index contributed by atoms with van der Waals surface area (Å²) in [7, 11) is 0. The Morgan fingerprint density at radius 2 is 2.00 bits per heavy atom. The van der Waals surface area contributed by atoms with E-state index in [1.54, 1.807) is 0 Å². The highest BCUT2D eigenvalue weighted by atomic mass is 127. The molecule has 2 rings (SSSR count). The average Bonchev–Trinajstić information content (AvgIpc) is 2.92. The number of hydrogen-bond acceptors (Lipinski definition) is 5. The lowest BCUT2D eigenvalue weighted by Crippen LogP contribution is -2.21. The summed E-state index contributed by atoms with van der Waals surface area (Å²) in [5.74, 6) is -0.674. The molecule has 0 amide bonds. The minimum absolute atomic E-state index is 0.0243. The van der Waals surface area contributed by atoms with Crippen molar-refractivity contribution in [2.45, 2.75) is 25.6 Å². The quantitative estimate of drug-likeness (QED) is 0.231. The molecule has 0 aliphatic carbocycles. The SMILES string of the molecule is O=[N+]([O-])c1cn(C[C@@H](CI)OCc2ccc(OC(F)(F)F)cc2)c(Cl)n1. The van der Waals surface area contributed by atoms with Gasteiger partial charge in [-0.05, 0) is 39.2 Å². The van der Waals surface area contributed by atoms with Crippen LogP contribution in [0.3, 0.4) is 0 Å². The molecular weight excluding hydrogens is 494 g/mol. The van der Waals surface area contributed by atoms with Gasteiger partial charge in [-0.15, -0.1) is 13.2 Å². The molecule has 1 heterocycles. The molecule has 0 saturated carbocycles. The Balaban J connectivity index is 1.93. The van der Waals surface area contributed by atoms with E-state index in [1.807, 2.05) is 0 Å². The fourth-order valence-corrected chi connectivity index (χ4v) is 2.70. The Hall–Kier alpha value is -1.60. The van der Waals surface area contributed by atoms with Crippen molar-refractivity contribution in [3.05, 3.63) is 51.4 Å². The molecule has 0 radical (unpaired) electrons. The molecule has 0 N–H and O–H groups in total. The van der Waals surface area contributed by atoms with Crippen LogP contribution in [-0.2, 0) is 17.9 Å². The molecule has 7 nitrogen and oxygen atoms in total. The van der Waals surface area contributed by atoms with E-state index in [4.69, 9.17) is 16.3 Å². The Morgan fingerprint density at radius 3 is 2.50 bits per heavy atom. The molecule has 1 atom stereocenters. The number of rotatable bonds is 8. The summed E-state index contributed by atoms with van der Waals surface area (Å²) in [6.07, 6.45) is -3.85. The molecule has 1 aromatic heterocycles. The number of nitrogens with zero attached hydrogens (tertiary/aromatic N) is 3. The van der Waals surface area contributed by atoms with Crippen LogP contribution in [0.4, 0.5) is 19.0 Å². The van der Waals surface area contributed by atoms with Crippen LogP contribution >= 0.6 is 34.2 Å². The van der Waals surface area contributed by atoms with E-state index in [9.17, 15) is 23.3 Å². The minimum Gasteiger partial charge on any atom is -0.406 e. The van der Waals surface area contributed by atoms with Crippen molar-refractivity contribution in [2.75, 3.05) is 4.43 Å². The van der Waals surface area contributed by atoms with Gasteiger partial charge in [-0.2, -0.15) is 0 Å². The largest absolute Gasteiger partial charge is 0.573 e. The second-order valence-electron chi connectivity index (χ2n) is 5.06. The first-order valence-corrected chi connectivity index (χ1v) is 8.97. The van der Waals surface area contributed by atoms with Gasteiger partial charge in [0.05, 0.1) is 19.3 Å². The minimum atomic E-state index is -4.74. The maximum Gasteiger partial charge on any atom is 0.573 e. The first kappa shape index (κ1) is 20.7. The van der Waals surface area contributed by atoms with Crippen LogP contribution in [0.25, 0.3) is 0 Å². The molecule has 0 fully saturated rings. The van der Waals surface area contributed by atoms with Crippen LogP contribution in [0.2, 0.25) is 5.28 Å². The molecule has 0 saturated heterocycles. The molecule has 0 aliphatic rings. The summed E-state index contributed by atoms with van der Waals surface area (Å²) in [6, 6.07) is 5.31. The lowest BCUT2D eigenvalue weighted by Gasteiger charge is -2.16. The highest BCUT2D eigenvalue weighted by Crippen LogP contribution is 2.23. The smallest absolute Gasteiger partial charge is 0.406 e. The van der Waals surface area contributed by atoms with Gasteiger partial charge >= 0.3 is 17.5 Å². The maximum absolute atomic E-state index is 12.1. The lowest BCUT2D eigenvalue weighted by atomic mass is 10.2. The zero-order valence-electron chi connectivity index (χ0n) is 12.9. The van der Waals surface area contributed by atoms with Crippen molar-refractivity contribution in [1.29, 1.82) is 0 Å².